The normalized spacial score (nSPS) is 13.1. The molecule has 4 nitrogen and oxygen atoms in total. The largest absolute Gasteiger partial charge is 0.458 e. The zero-order valence-electron chi connectivity index (χ0n) is 14.7. The monoisotopic (exact) mass is 395 g/mol. The smallest absolute Gasteiger partial charge is 0.429 e. The van der Waals surface area contributed by atoms with Gasteiger partial charge in [-0.15, -0.1) is 0 Å². The highest BCUT2D eigenvalue weighted by atomic mass is 35.5. The molecule has 142 valence electrons. The third-order valence-electron chi connectivity index (χ3n) is 3.81. The molecule has 2 aromatic carbocycles. The average Bonchev–Trinajstić information content (AvgIpc) is 2.59. The van der Waals surface area contributed by atoms with E-state index >= 15 is 0 Å². The number of alkyl halides is 3. The number of ether oxygens (including phenoxy) is 1. The molecule has 0 N–H and O–H groups in total. The Kier molecular flexibility index (Phi) is 5.53. The van der Waals surface area contributed by atoms with Crippen LogP contribution in [-0.4, -0.2) is 35.1 Å². The molecule has 0 aliphatic heterocycles. The van der Waals surface area contributed by atoms with Crippen LogP contribution in [-0.2, 0) is 6.54 Å². The minimum atomic E-state index is -4.64. The summed E-state index contributed by atoms with van der Waals surface area (Å²) >= 11 is 6.00. The summed E-state index contributed by atoms with van der Waals surface area (Å²) in [5, 5.41) is -0.216. The second-order valence-electron chi connectivity index (χ2n) is 6.33. The molecule has 0 saturated carbocycles. The predicted octanol–water partition coefficient (Wildman–Crippen LogP) is 5.03. The summed E-state index contributed by atoms with van der Waals surface area (Å²) < 4.78 is 46.1. The molecular formula is C19H17ClF3N3O. The zero-order chi connectivity index (χ0) is 19.6. The predicted molar refractivity (Wildman–Crippen MR) is 97.8 cm³/mol. The Hall–Kier alpha value is -2.38. The van der Waals surface area contributed by atoms with Crippen LogP contribution in [0.1, 0.15) is 17.2 Å². The van der Waals surface area contributed by atoms with Crippen LogP contribution in [0.25, 0.3) is 11.0 Å². The second-order valence-corrected chi connectivity index (χ2v) is 6.69. The van der Waals surface area contributed by atoms with Gasteiger partial charge in [-0.1, -0.05) is 48.0 Å². The number of halogens is 4. The summed E-state index contributed by atoms with van der Waals surface area (Å²) in [6.45, 7) is 0.625. The first-order valence-corrected chi connectivity index (χ1v) is 8.51. The highest BCUT2D eigenvalue weighted by Crippen LogP contribution is 2.38. The minimum absolute atomic E-state index is 0.0315. The second kappa shape index (κ2) is 7.70. The molecule has 1 atom stereocenters. The van der Waals surface area contributed by atoms with Gasteiger partial charge in [-0.3, -0.25) is 0 Å². The van der Waals surface area contributed by atoms with E-state index in [0.29, 0.717) is 17.6 Å². The van der Waals surface area contributed by atoms with Gasteiger partial charge < -0.3 is 9.64 Å². The molecular weight excluding hydrogens is 379 g/mol. The average molecular weight is 396 g/mol. The van der Waals surface area contributed by atoms with Crippen molar-refractivity contribution in [1.82, 2.24) is 14.9 Å². The molecule has 0 radical (unpaired) electrons. The quantitative estimate of drug-likeness (QED) is 0.607. The van der Waals surface area contributed by atoms with E-state index in [-0.39, 0.29) is 16.6 Å². The molecule has 0 bridgehead atoms. The van der Waals surface area contributed by atoms with Crippen molar-refractivity contribution in [3.63, 3.8) is 0 Å². The number of fused-ring (bicyclic) bond motifs is 1. The molecule has 0 saturated heterocycles. The minimum Gasteiger partial charge on any atom is -0.458 e. The van der Waals surface area contributed by atoms with E-state index in [9.17, 15) is 13.2 Å². The maximum absolute atomic E-state index is 13.6. The van der Waals surface area contributed by atoms with E-state index in [1.54, 1.807) is 36.4 Å². The SMILES string of the molecule is CN(C)Cc1ccc(C(Oc2nc3ccccc3nc2Cl)C(F)(F)F)cc1. The summed E-state index contributed by atoms with van der Waals surface area (Å²) in [5.74, 6) is -0.352. The maximum atomic E-state index is 13.6. The molecule has 0 fully saturated rings. The number of rotatable bonds is 5. The van der Waals surface area contributed by atoms with Crippen molar-refractivity contribution in [3.8, 4) is 5.88 Å². The van der Waals surface area contributed by atoms with Gasteiger partial charge in [0.15, 0.2) is 5.15 Å². The highest BCUT2D eigenvalue weighted by molar-refractivity contribution is 6.31. The molecule has 0 spiro atoms. The lowest BCUT2D eigenvalue weighted by Crippen LogP contribution is -2.26. The van der Waals surface area contributed by atoms with Crippen molar-refractivity contribution < 1.29 is 17.9 Å². The van der Waals surface area contributed by atoms with E-state index < -0.39 is 12.3 Å². The van der Waals surface area contributed by atoms with Crippen LogP contribution in [0, 0.1) is 0 Å². The van der Waals surface area contributed by atoms with Crippen LogP contribution in [0.3, 0.4) is 0 Å². The van der Waals surface area contributed by atoms with Crippen LogP contribution in [0.4, 0.5) is 13.2 Å². The van der Waals surface area contributed by atoms with Gasteiger partial charge >= 0.3 is 6.18 Å². The molecule has 1 unspecified atom stereocenters. The van der Waals surface area contributed by atoms with E-state index in [0.717, 1.165) is 5.56 Å². The lowest BCUT2D eigenvalue weighted by atomic mass is 10.1. The Bertz CT molecular complexity index is 930. The fourth-order valence-corrected chi connectivity index (χ4v) is 2.81. The first-order valence-electron chi connectivity index (χ1n) is 8.13. The Morgan fingerprint density at radius 2 is 1.59 bits per heavy atom. The Morgan fingerprint density at radius 3 is 2.15 bits per heavy atom. The van der Waals surface area contributed by atoms with Gasteiger partial charge in [-0.05, 0) is 31.8 Å². The number of para-hydroxylation sites is 2. The van der Waals surface area contributed by atoms with Crippen LogP contribution in [0.5, 0.6) is 5.88 Å². The van der Waals surface area contributed by atoms with Gasteiger partial charge in [0.05, 0.1) is 11.0 Å². The van der Waals surface area contributed by atoms with Gasteiger partial charge in [-0.2, -0.15) is 13.2 Å². The number of hydrogen-bond donors (Lipinski definition) is 0. The van der Waals surface area contributed by atoms with Crippen molar-refractivity contribution in [2.75, 3.05) is 14.1 Å². The van der Waals surface area contributed by atoms with Crippen LogP contribution in [0.2, 0.25) is 5.15 Å². The molecule has 1 heterocycles. The van der Waals surface area contributed by atoms with Crippen LogP contribution in [0.15, 0.2) is 48.5 Å². The first-order chi connectivity index (χ1) is 12.7. The number of nitrogens with zero attached hydrogens (tertiary/aromatic N) is 3. The molecule has 0 aliphatic carbocycles. The van der Waals surface area contributed by atoms with Gasteiger partial charge in [0.2, 0.25) is 6.10 Å². The first kappa shape index (κ1) is 19.4. The Labute approximate surface area is 159 Å². The van der Waals surface area contributed by atoms with E-state index in [1.807, 2.05) is 19.0 Å². The standard InChI is InChI=1S/C19H17ClF3N3O/c1-26(2)11-12-7-9-13(10-8-12)16(19(21,22)23)27-18-17(20)24-14-5-3-4-6-15(14)25-18/h3-10,16H,11H2,1-2H3. The number of hydrogen-bond acceptors (Lipinski definition) is 4. The van der Waals surface area contributed by atoms with E-state index in [1.165, 1.54) is 12.1 Å². The number of benzene rings is 2. The fourth-order valence-electron chi connectivity index (χ4n) is 2.64. The topological polar surface area (TPSA) is 38.2 Å². The van der Waals surface area contributed by atoms with Crippen LogP contribution < -0.4 is 4.74 Å². The molecule has 27 heavy (non-hydrogen) atoms. The number of aromatic nitrogens is 2. The molecule has 8 heteroatoms. The molecule has 1 aromatic heterocycles. The third-order valence-corrected chi connectivity index (χ3v) is 4.05. The molecule has 3 aromatic rings. The summed E-state index contributed by atoms with van der Waals surface area (Å²) in [7, 11) is 3.77. The summed E-state index contributed by atoms with van der Waals surface area (Å²) in [5.41, 5.74) is 1.75. The Morgan fingerprint density at radius 1 is 1.00 bits per heavy atom. The summed E-state index contributed by atoms with van der Waals surface area (Å²) in [6, 6.07) is 12.8. The van der Waals surface area contributed by atoms with Crippen molar-refractivity contribution in [1.29, 1.82) is 0 Å². The lowest BCUT2D eigenvalue weighted by molar-refractivity contribution is -0.198. The van der Waals surface area contributed by atoms with Gasteiger partial charge in [0, 0.05) is 12.1 Å². The van der Waals surface area contributed by atoms with Crippen LogP contribution >= 0.6 is 11.6 Å². The van der Waals surface area contributed by atoms with Crippen molar-refractivity contribution >= 4 is 22.6 Å². The Balaban J connectivity index is 1.93. The summed E-state index contributed by atoms with van der Waals surface area (Å²) in [4.78, 5) is 10.1. The summed E-state index contributed by atoms with van der Waals surface area (Å²) in [6.07, 6.45) is -6.83. The van der Waals surface area contributed by atoms with Crippen molar-refractivity contribution in [2.45, 2.75) is 18.8 Å². The van der Waals surface area contributed by atoms with Gasteiger partial charge in [0.1, 0.15) is 0 Å². The van der Waals surface area contributed by atoms with Crippen molar-refractivity contribution in [2.24, 2.45) is 0 Å². The van der Waals surface area contributed by atoms with Crippen molar-refractivity contribution in [3.05, 3.63) is 64.8 Å². The maximum Gasteiger partial charge on any atom is 0.429 e. The molecule has 3 rings (SSSR count). The van der Waals surface area contributed by atoms with Gasteiger partial charge in [-0.25, -0.2) is 9.97 Å². The third kappa shape index (κ3) is 4.67. The zero-order valence-corrected chi connectivity index (χ0v) is 15.4. The molecule has 0 amide bonds. The highest BCUT2D eigenvalue weighted by Gasteiger charge is 2.43. The van der Waals surface area contributed by atoms with E-state index in [4.69, 9.17) is 16.3 Å². The van der Waals surface area contributed by atoms with Gasteiger partial charge in [0.25, 0.3) is 5.88 Å². The molecule has 0 aliphatic rings. The lowest BCUT2D eigenvalue weighted by Gasteiger charge is -2.22. The van der Waals surface area contributed by atoms with E-state index in [2.05, 4.69) is 9.97 Å². The fraction of sp³-hybridized carbons (Fsp3) is 0.263.